The molecule has 1 aromatic rings. The number of ether oxygens (including phenoxy) is 1. The maximum absolute atomic E-state index is 15.1. The number of aromatic hydroxyl groups is 1. The minimum absolute atomic E-state index is 0.226. The lowest BCUT2D eigenvalue weighted by Gasteiger charge is -2.73. The standard InChI is InChI=1S/C42H72N2O5/c1-18-19-22-30(34(46)47)35(48)49-42(43(16)38(8,9)23-20-24-39(43,10)11,44(17)40(12,13)25-21-26-41(44,14)15)29-27-31(36(2,3)4)33(45)32(28-29)37(5,6)7/h27-28,30H,18-26H2,1-17H3/p+2. The number of carbonyl (C=O) groups is 2. The number of benzene rings is 1. The van der Waals surface area contributed by atoms with E-state index < -0.39 is 56.7 Å². The third kappa shape index (κ3) is 6.25. The van der Waals surface area contributed by atoms with Gasteiger partial charge in [-0.1, -0.05) is 61.3 Å². The molecule has 1 atom stereocenters. The topological polar surface area (TPSA) is 83.8 Å². The number of unbranched alkanes of at least 4 members (excludes halogenated alkanes) is 1. The van der Waals surface area contributed by atoms with E-state index >= 15 is 4.79 Å². The van der Waals surface area contributed by atoms with Gasteiger partial charge in [0, 0.05) is 36.8 Å². The van der Waals surface area contributed by atoms with E-state index in [1.165, 1.54) is 0 Å². The van der Waals surface area contributed by atoms with Crippen LogP contribution in [0.1, 0.15) is 178 Å². The van der Waals surface area contributed by atoms with Crippen LogP contribution < -0.4 is 0 Å². The van der Waals surface area contributed by atoms with Crippen LogP contribution in [-0.4, -0.2) is 67.4 Å². The zero-order valence-electron chi connectivity index (χ0n) is 34.6. The van der Waals surface area contributed by atoms with Crippen molar-refractivity contribution >= 4 is 11.9 Å². The van der Waals surface area contributed by atoms with Gasteiger partial charge in [-0.15, -0.1) is 0 Å². The molecule has 2 aliphatic heterocycles. The SMILES string of the molecule is CCCCC(C(=O)O)C(=O)OC(c1cc(C(C)(C)C)c(O)c(C(C)(C)C)c1)([N+]1(C)C(C)(C)CCCC1(C)C)[N+]1(C)C(C)(C)CCCC1(C)C. The second kappa shape index (κ2) is 12.8. The van der Waals surface area contributed by atoms with Gasteiger partial charge in [0.05, 0.1) is 14.1 Å². The molecule has 2 N–H and O–H groups in total. The van der Waals surface area contributed by atoms with E-state index in [4.69, 9.17) is 4.74 Å². The summed E-state index contributed by atoms with van der Waals surface area (Å²) in [7, 11) is 4.58. The van der Waals surface area contributed by atoms with Crippen LogP contribution >= 0.6 is 0 Å². The molecule has 0 saturated carbocycles. The summed E-state index contributed by atoms with van der Waals surface area (Å²) in [5.41, 5.74) is 0.00378. The van der Waals surface area contributed by atoms with E-state index in [9.17, 15) is 15.0 Å². The molecule has 2 fully saturated rings. The summed E-state index contributed by atoms with van der Waals surface area (Å²) in [6.45, 7) is 33.2. The second-order valence-electron chi connectivity index (χ2n) is 20.5. The molecular weight excluding hydrogens is 612 g/mol. The number of esters is 1. The van der Waals surface area contributed by atoms with E-state index in [1.54, 1.807) is 0 Å². The molecule has 2 aliphatic rings. The number of carboxylic acids is 1. The lowest BCUT2D eigenvalue weighted by molar-refractivity contribution is -1.26. The molecular formula is C42H74N2O5+2. The molecule has 280 valence electrons. The molecule has 1 aromatic carbocycles. The number of piperidine rings is 2. The molecule has 2 heterocycles. The van der Waals surface area contributed by atoms with Gasteiger partial charge in [0.1, 0.15) is 33.5 Å². The van der Waals surface area contributed by atoms with Crippen LogP contribution in [0.5, 0.6) is 5.75 Å². The number of likely N-dealkylation sites (tertiary alicyclic amines) is 2. The summed E-state index contributed by atoms with van der Waals surface area (Å²) in [6.07, 6.45) is 7.38. The number of aliphatic carboxylic acids is 1. The first-order valence-electron chi connectivity index (χ1n) is 19.0. The van der Waals surface area contributed by atoms with Crippen LogP contribution in [0.25, 0.3) is 0 Å². The number of phenolic OH excluding ortho intramolecular Hbond substituents is 1. The van der Waals surface area contributed by atoms with E-state index in [0.717, 1.165) is 61.6 Å². The Balaban J connectivity index is 2.83. The van der Waals surface area contributed by atoms with Gasteiger partial charge in [0.2, 0.25) is 0 Å². The van der Waals surface area contributed by atoms with Gasteiger partial charge in [0.15, 0.2) is 5.92 Å². The molecule has 3 rings (SSSR count). The van der Waals surface area contributed by atoms with Gasteiger partial charge in [-0.3, -0.25) is 9.59 Å². The second-order valence-corrected chi connectivity index (χ2v) is 20.5. The van der Waals surface area contributed by atoms with Gasteiger partial charge in [0.25, 0.3) is 0 Å². The Morgan fingerprint density at radius 3 is 1.39 bits per heavy atom. The number of carboxylic acid groups (broad SMARTS) is 1. The maximum Gasteiger partial charge on any atom is 0.414 e. The van der Waals surface area contributed by atoms with Gasteiger partial charge < -0.3 is 14.9 Å². The third-order valence-corrected chi connectivity index (χ3v) is 14.0. The number of phenols is 1. The van der Waals surface area contributed by atoms with E-state index in [-0.39, 0.29) is 12.2 Å². The number of hydrogen-bond acceptors (Lipinski definition) is 4. The zero-order valence-corrected chi connectivity index (χ0v) is 34.6. The molecule has 49 heavy (non-hydrogen) atoms. The highest BCUT2D eigenvalue weighted by Gasteiger charge is 2.81. The first kappa shape index (κ1) is 41.3. The first-order chi connectivity index (χ1) is 21.9. The summed E-state index contributed by atoms with van der Waals surface area (Å²) in [6, 6.07) is 4.24. The van der Waals surface area contributed by atoms with E-state index in [0.29, 0.717) is 15.4 Å². The molecule has 0 amide bonds. The number of hydrogen-bond donors (Lipinski definition) is 2. The highest BCUT2D eigenvalue weighted by atomic mass is 16.6. The summed E-state index contributed by atoms with van der Waals surface area (Å²) >= 11 is 0. The molecule has 1 unspecified atom stereocenters. The molecule has 0 bridgehead atoms. The van der Waals surface area contributed by atoms with Crippen LogP contribution in [0, 0.1) is 5.92 Å². The number of rotatable bonds is 9. The maximum atomic E-state index is 15.1. The average molecular weight is 687 g/mol. The monoisotopic (exact) mass is 687 g/mol. The highest BCUT2D eigenvalue weighted by molar-refractivity contribution is 5.94. The van der Waals surface area contributed by atoms with Crippen LogP contribution in [0.2, 0.25) is 0 Å². The fourth-order valence-corrected chi connectivity index (χ4v) is 10.2. The molecule has 0 aliphatic carbocycles. The predicted molar refractivity (Wildman–Crippen MR) is 200 cm³/mol. The zero-order chi connectivity index (χ0) is 38.0. The van der Waals surface area contributed by atoms with Gasteiger partial charge >= 0.3 is 17.8 Å². The summed E-state index contributed by atoms with van der Waals surface area (Å²) in [5.74, 6) is -4.23. The Labute approximate surface area is 300 Å². The fraction of sp³-hybridized carbons (Fsp3) is 0.810. The van der Waals surface area contributed by atoms with Crippen molar-refractivity contribution in [1.82, 2.24) is 0 Å². The Kier molecular flexibility index (Phi) is 10.8. The summed E-state index contributed by atoms with van der Waals surface area (Å²) in [5, 5.41) is 22.6. The quantitative estimate of drug-likeness (QED) is 0.154. The smallest absolute Gasteiger partial charge is 0.414 e. The third-order valence-electron chi connectivity index (χ3n) is 14.0. The van der Waals surface area contributed by atoms with Crippen molar-refractivity contribution in [2.75, 3.05) is 14.1 Å². The minimum atomic E-state index is -1.41. The molecule has 0 aromatic heterocycles. The Morgan fingerprint density at radius 1 is 0.755 bits per heavy atom. The van der Waals surface area contributed by atoms with Crippen molar-refractivity contribution in [3.8, 4) is 5.75 Å². The summed E-state index contributed by atoms with van der Waals surface area (Å²) < 4.78 is 8.21. The Bertz CT molecular complexity index is 1290. The molecule has 0 spiro atoms. The van der Waals surface area contributed by atoms with Crippen molar-refractivity contribution in [2.45, 2.75) is 200 Å². The van der Waals surface area contributed by atoms with Gasteiger partial charge in [-0.05, 0) is 97.6 Å². The van der Waals surface area contributed by atoms with Gasteiger partial charge in [-0.2, -0.15) is 0 Å². The largest absolute Gasteiger partial charge is 0.507 e. The van der Waals surface area contributed by atoms with Crippen molar-refractivity contribution in [1.29, 1.82) is 0 Å². The average Bonchev–Trinajstić information content (AvgIpc) is 2.91. The summed E-state index contributed by atoms with van der Waals surface area (Å²) in [4.78, 5) is 28.0. The Morgan fingerprint density at radius 2 is 1.10 bits per heavy atom. The Hall–Kier alpha value is -2.12. The van der Waals surface area contributed by atoms with Crippen LogP contribution in [-0.2, 0) is 31.0 Å². The van der Waals surface area contributed by atoms with Crippen LogP contribution in [0.15, 0.2) is 12.1 Å². The van der Waals surface area contributed by atoms with Crippen LogP contribution in [0.3, 0.4) is 0 Å². The van der Waals surface area contributed by atoms with Crippen molar-refractivity contribution in [3.05, 3.63) is 28.8 Å². The van der Waals surface area contributed by atoms with E-state index in [2.05, 4.69) is 123 Å². The van der Waals surface area contributed by atoms with E-state index in [1.807, 2.05) is 6.92 Å². The highest BCUT2D eigenvalue weighted by Crippen LogP contribution is 2.64. The molecule has 2 saturated heterocycles. The van der Waals surface area contributed by atoms with Gasteiger partial charge in [-0.25, -0.2) is 8.97 Å². The first-order valence-corrected chi connectivity index (χ1v) is 19.0. The van der Waals surface area contributed by atoms with Crippen LogP contribution in [0.4, 0.5) is 0 Å². The number of quaternary nitrogens is 2. The fourth-order valence-electron chi connectivity index (χ4n) is 10.2. The van der Waals surface area contributed by atoms with Crippen molar-refractivity contribution in [3.63, 3.8) is 0 Å². The number of nitrogens with zero attached hydrogens (tertiary/aromatic N) is 2. The molecule has 7 heteroatoms. The minimum Gasteiger partial charge on any atom is -0.507 e. The lowest BCUT2D eigenvalue weighted by Crippen LogP contribution is -2.92. The number of carbonyl (C=O) groups excluding carboxylic acids is 1. The molecule has 0 radical (unpaired) electrons. The lowest BCUT2D eigenvalue weighted by atomic mass is 9.68. The van der Waals surface area contributed by atoms with Crippen molar-refractivity contribution in [2.24, 2.45) is 5.92 Å². The van der Waals surface area contributed by atoms with Crippen molar-refractivity contribution < 1.29 is 33.5 Å². The predicted octanol–water partition coefficient (Wildman–Crippen LogP) is 9.91. The molecule has 7 nitrogen and oxygen atoms in total. The normalized spacial score (nSPS) is 23.4.